The number of hydrogen-bond donors (Lipinski definition) is 0. The molecule has 2 aromatic carbocycles. The Morgan fingerprint density at radius 3 is 2.29 bits per heavy atom. The number of ether oxygens (including phenoxy) is 1. The molecule has 0 N–H and O–H groups in total. The molecule has 0 fully saturated rings. The van der Waals surface area contributed by atoms with Crippen LogP contribution in [-0.4, -0.2) is 9.78 Å². The maximum absolute atomic E-state index is 12.6. The Kier molecular flexibility index (Phi) is 4.29. The number of rotatable bonds is 4. The summed E-state index contributed by atoms with van der Waals surface area (Å²) in [5, 5.41) is 4.43. The quantitative estimate of drug-likeness (QED) is 0.687. The monoisotopic (exact) mass is 332 g/mol. The van der Waals surface area contributed by atoms with Gasteiger partial charge in [0.1, 0.15) is 12.4 Å². The fourth-order valence-electron chi connectivity index (χ4n) is 2.35. The van der Waals surface area contributed by atoms with Crippen LogP contribution in [0.3, 0.4) is 0 Å². The number of aromatic nitrogens is 2. The topological polar surface area (TPSA) is 27.1 Å². The average molecular weight is 332 g/mol. The second kappa shape index (κ2) is 6.39. The Morgan fingerprint density at radius 1 is 1.00 bits per heavy atom. The van der Waals surface area contributed by atoms with Gasteiger partial charge in [0.05, 0.1) is 22.6 Å². The average Bonchev–Trinajstić information content (AvgIpc) is 2.94. The maximum Gasteiger partial charge on any atom is 0.416 e. The van der Waals surface area contributed by atoms with Crippen molar-refractivity contribution in [2.24, 2.45) is 0 Å². The van der Waals surface area contributed by atoms with Crippen LogP contribution in [0, 0.1) is 6.92 Å². The van der Waals surface area contributed by atoms with E-state index in [1.165, 1.54) is 12.1 Å². The van der Waals surface area contributed by atoms with Crippen LogP contribution in [0.2, 0.25) is 0 Å². The fourth-order valence-corrected chi connectivity index (χ4v) is 2.35. The lowest BCUT2D eigenvalue weighted by molar-refractivity contribution is -0.137. The molecule has 3 nitrogen and oxygen atoms in total. The molecule has 0 aliphatic carbocycles. The Hall–Kier alpha value is -2.76. The molecule has 0 bridgehead atoms. The van der Waals surface area contributed by atoms with E-state index in [1.807, 2.05) is 43.3 Å². The van der Waals surface area contributed by atoms with Crippen molar-refractivity contribution in [1.29, 1.82) is 0 Å². The SMILES string of the molecule is Cc1cc(COc2ccc(C(F)(F)F)cc2)n(-c2ccccc2)n1. The van der Waals surface area contributed by atoms with Gasteiger partial charge in [-0.05, 0) is 49.4 Å². The molecule has 124 valence electrons. The van der Waals surface area contributed by atoms with Gasteiger partial charge in [-0.25, -0.2) is 4.68 Å². The molecular weight excluding hydrogens is 317 g/mol. The summed E-state index contributed by atoms with van der Waals surface area (Å²) in [5.41, 5.74) is 1.86. The van der Waals surface area contributed by atoms with Gasteiger partial charge in [0.25, 0.3) is 0 Å². The third-order valence-corrected chi connectivity index (χ3v) is 3.47. The van der Waals surface area contributed by atoms with Crippen molar-refractivity contribution in [2.75, 3.05) is 0 Å². The molecule has 1 aromatic heterocycles. The standard InChI is InChI=1S/C18H15F3N2O/c1-13-11-16(23(22-13)15-5-3-2-4-6-15)12-24-17-9-7-14(8-10-17)18(19,20)21/h2-11H,12H2,1H3. The Bertz CT molecular complexity index is 809. The van der Waals surface area contributed by atoms with Crippen molar-refractivity contribution in [3.05, 3.63) is 77.6 Å². The number of alkyl halides is 3. The predicted molar refractivity (Wildman–Crippen MR) is 84.1 cm³/mol. The number of benzene rings is 2. The van der Waals surface area contributed by atoms with Gasteiger partial charge in [0, 0.05) is 0 Å². The smallest absolute Gasteiger partial charge is 0.416 e. The summed E-state index contributed by atoms with van der Waals surface area (Å²) in [6, 6.07) is 16.1. The van der Waals surface area contributed by atoms with Gasteiger partial charge in [-0.2, -0.15) is 18.3 Å². The highest BCUT2D eigenvalue weighted by molar-refractivity contribution is 5.34. The van der Waals surface area contributed by atoms with Crippen molar-refractivity contribution in [3.8, 4) is 11.4 Å². The van der Waals surface area contributed by atoms with E-state index < -0.39 is 11.7 Å². The molecule has 0 aliphatic rings. The summed E-state index contributed by atoms with van der Waals surface area (Å²) in [4.78, 5) is 0. The first-order chi connectivity index (χ1) is 11.4. The molecule has 1 heterocycles. The van der Waals surface area contributed by atoms with Crippen molar-refractivity contribution < 1.29 is 17.9 Å². The second-order valence-electron chi connectivity index (χ2n) is 5.34. The summed E-state index contributed by atoms with van der Waals surface area (Å²) in [6.45, 7) is 2.09. The summed E-state index contributed by atoms with van der Waals surface area (Å²) < 4.78 is 45.1. The van der Waals surface area contributed by atoms with Crippen molar-refractivity contribution in [2.45, 2.75) is 19.7 Å². The van der Waals surface area contributed by atoms with E-state index in [0.29, 0.717) is 5.75 Å². The third kappa shape index (κ3) is 3.59. The molecule has 6 heteroatoms. The number of para-hydroxylation sites is 1. The van der Waals surface area contributed by atoms with Gasteiger partial charge in [-0.1, -0.05) is 18.2 Å². The lowest BCUT2D eigenvalue weighted by atomic mass is 10.2. The molecule has 0 radical (unpaired) electrons. The Balaban J connectivity index is 1.76. The largest absolute Gasteiger partial charge is 0.487 e. The molecule has 3 rings (SSSR count). The van der Waals surface area contributed by atoms with Gasteiger partial charge in [-0.3, -0.25) is 0 Å². The third-order valence-electron chi connectivity index (χ3n) is 3.47. The van der Waals surface area contributed by atoms with Crippen molar-refractivity contribution in [3.63, 3.8) is 0 Å². The van der Waals surface area contributed by atoms with E-state index in [2.05, 4.69) is 5.10 Å². The lowest BCUT2D eigenvalue weighted by Gasteiger charge is -2.10. The number of hydrogen-bond acceptors (Lipinski definition) is 2. The van der Waals surface area contributed by atoms with Gasteiger partial charge in [-0.15, -0.1) is 0 Å². The molecule has 0 spiro atoms. The van der Waals surface area contributed by atoms with Crippen LogP contribution < -0.4 is 4.74 Å². The van der Waals surface area contributed by atoms with E-state index in [4.69, 9.17) is 4.74 Å². The first-order valence-corrected chi connectivity index (χ1v) is 7.34. The van der Waals surface area contributed by atoms with Crippen molar-refractivity contribution >= 4 is 0 Å². The van der Waals surface area contributed by atoms with Crippen LogP contribution in [-0.2, 0) is 12.8 Å². The number of aryl methyl sites for hydroxylation is 1. The molecule has 0 aliphatic heterocycles. The van der Waals surface area contributed by atoms with E-state index in [0.717, 1.165) is 29.2 Å². The molecule has 0 saturated carbocycles. The van der Waals surface area contributed by atoms with E-state index >= 15 is 0 Å². The normalized spacial score (nSPS) is 11.5. The minimum absolute atomic E-state index is 0.209. The first-order valence-electron chi connectivity index (χ1n) is 7.34. The Labute approximate surface area is 137 Å². The highest BCUT2D eigenvalue weighted by Crippen LogP contribution is 2.30. The predicted octanol–water partition coefficient (Wildman–Crippen LogP) is 4.78. The Morgan fingerprint density at radius 2 is 1.67 bits per heavy atom. The summed E-state index contributed by atoms with van der Waals surface area (Å²) >= 11 is 0. The van der Waals surface area contributed by atoms with Crippen LogP contribution in [0.25, 0.3) is 5.69 Å². The van der Waals surface area contributed by atoms with Crippen LogP contribution >= 0.6 is 0 Å². The summed E-state index contributed by atoms with van der Waals surface area (Å²) in [5.74, 6) is 0.376. The fraction of sp³-hybridized carbons (Fsp3) is 0.167. The minimum atomic E-state index is -4.35. The van der Waals surface area contributed by atoms with E-state index in [9.17, 15) is 13.2 Å². The highest BCUT2D eigenvalue weighted by atomic mass is 19.4. The van der Waals surface area contributed by atoms with E-state index in [-0.39, 0.29) is 6.61 Å². The molecule has 0 atom stereocenters. The molecule has 0 saturated heterocycles. The van der Waals surface area contributed by atoms with Crippen molar-refractivity contribution in [1.82, 2.24) is 9.78 Å². The number of halogens is 3. The molecule has 3 aromatic rings. The van der Waals surface area contributed by atoms with Gasteiger partial charge >= 0.3 is 6.18 Å². The van der Waals surface area contributed by atoms with Crippen LogP contribution in [0.15, 0.2) is 60.7 Å². The van der Waals surface area contributed by atoms with E-state index in [1.54, 1.807) is 4.68 Å². The van der Waals surface area contributed by atoms with Gasteiger partial charge < -0.3 is 4.74 Å². The first kappa shape index (κ1) is 16.1. The van der Waals surface area contributed by atoms with Gasteiger partial charge in [0.15, 0.2) is 0 Å². The highest BCUT2D eigenvalue weighted by Gasteiger charge is 2.30. The zero-order valence-electron chi connectivity index (χ0n) is 12.9. The summed E-state index contributed by atoms with van der Waals surface area (Å²) in [6.07, 6.45) is -4.35. The minimum Gasteiger partial charge on any atom is -0.487 e. The molecular formula is C18H15F3N2O. The summed E-state index contributed by atoms with van der Waals surface area (Å²) in [7, 11) is 0. The lowest BCUT2D eigenvalue weighted by Crippen LogP contribution is -2.06. The van der Waals surface area contributed by atoms with Crippen LogP contribution in [0.4, 0.5) is 13.2 Å². The zero-order chi connectivity index (χ0) is 17.2. The maximum atomic E-state index is 12.6. The van der Waals surface area contributed by atoms with Gasteiger partial charge in [0.2, 0.25) is 0 Å². The molecule has 24 heavy (non-hydrogen) atoms. The second-order valence-corrected chi connectivity index (χ2v) is 5.34. The molecule has 0 amide bonds. The molecule has 0 unspecified atom stereocenters. The van der Waals surface area contributed by atoms with Crippen LogP contribution in [0.5, 0.6) is 5.75 Å². The zero-order valence-corrected chi connectivity index (χ0v) is 12.9. The number of nitrogens with zero attached hydrogens (tertiary/aromatic N) is 2. The van der Waals surface area contributed by atoms with Crippen LogP contribution in [0.1, 0.15) is 17.0 Å².